The second-order valence-corrected chi connectivity index (χ2v) is 18.8. The molecule has 67 heavy (non-hydrogen) atoms. The number of rotatable bonds is 4. The van der Waals surface area contributed by atoms with Crippen LogP contribution in [0.2, 0.25) is 0 Å². The van der Waals surface area contributed by atoms with Gasteiger partial charge in [0.1, 0.15) is 11.2 Å². The number of nitrogens with zero attached hydrogens (tertiary/aromatic N) is 1. The van der Waals surface area contributed by atoms with Crippen LogP contribution in [-0.2, 0) is 5.41 Å². The maximum absolute atomic E-state index is 6.56. The molecular weight excluding hydrogens is 811 g/mol. The Hall–Kier alpha value is -8.46. The minimum Gasteiger partial charge on any atom is -0.455 e. The van der Waals surface area contributed by atoms with Gasteiger partial charge >= 0.3 is 0 Å². The Kier molecular flexibility index (Phi) is 8.06. The molecule has 1 aliphatic heterocycles. The fraction of sp³-hybridized carbons (Fsp3) is 0.0462. The Labute approximate surface area is 388 Å². The molecule has 0 atom stereocenters. The van der Waals surface area contributed by atoms with Crippen molar-refractivity contribution in [1.82, 2.24) is 0 Å². The molecule has 0 amide bonds. The molecule has 2 heteroatoms. The van der Waals surface area contributed by atoms with E-state index in [1.165, 1.54) is 98.8 Å². The van der Waals surface area contributed by atoms with Gasteiger partial charge in [0.2, 0.25) is 0 Å². The zero-order valence-corrected chi connectivity index (χ0v) is 37.2. The quantitative estimate of drug-likeness (QED) is 0.164. The van der Waals surface area contributed by atoms with Crippen molar-refractivity contribution in [3.63, 3.8) is 0 Å². The fourth-order valence-electron chi connectivity index (χ4n) is 11.6. The summed E-state index contributed by atoms with van der Waals surface area (Å²) in [5.74, 6) is 0. The molecule has 1 aromatic heterocycles. The van der Waals surface area contributed by atoms with Crippen LogP contribution in [0, 0.1) is 0 Å². The summed E-state index contributed by atoms with van der Waals surface area (Å²) in [5.41, 5.74) is 14.9. The molecule has 0 aliphatic carbocycles. The summed E-state index contributed by atoms with van der Waals surface area (Å²) < 4.78 is 6.56. The Bertz CT molecular complexity index is 4190. The Morgan fingerprint density at radius 1 is 0.343 bits per heavy atom. The first-order valence-electron chi connectivity index (χ1n) is 23.3. The minimum absolute atomic E-state index is 0.280. The third-order valence-electron chi connectivity index (χ3n) is 14.8. The molecule has 0 saturated heterocycles. The first kappa shape index (κ1) is 37.9. The summed E-state index contributed by atoms with van der Waals surface area (Å²) in [6.07, 6.45) is 0. The van der Waals surface area contributed by atoms with Crippen molar-refractivity contribution in [2.24, 2.45) is 0 Å². The lowest BCUT2D eigenvalue weighted by atomic mass is 9.71. The van der Waals surface area contributed by atoms with E-state index in [-0.39, 0.29) is 5.41 Å². The molecule has 314 valence electrons. The first-order valence-corrected chi connectivity index (χ1v) is 23.3. The average Bonchev–Trinajstić information content (AvgIpc) is 3.77. The highest BCUT2D eigenvalue weighted by Gasteiger charge is 2.38. The van der Waals surface area contributed by atoms with E-state index in [2.05, 4.69) is 243 Å². The van der Waals surface area contributed by atoms with Crippen LogP contribution in [0.4, 0.5) is 17.1 Å². The van der Waals surface area contributed by atoms with Crippen molar-refractivity contribution >= 4 is 92.9 Å². The Morgan fingerprint density at radius 3 is 1.67 bits per heavy atom. The van der Waals surface area contributed by atoms with Crippen molar-refractivity contribution in [3.8, 4) is 33.4 Å². The third-order valence-corrected chi connectivity index (χ3v) is 14.8. The summed E-state index contributed by atoms with van der Waals surface area (Å²) in [6, 6.07) is 82.9. The van der Waals surface area contributed by atoms with Crippen LogP contribution in [0.5, 0.6) is 0 Å². The van der Waals surface area contributed by atoms with Gasteiger partial charge in [-0.05, 0) is 148 Å². The van der Waals surface area contributed by atoms with E-state index in [9.17, 15) is 0 Å². The van der Waals surface area contributed by atoms with Crippen LogP contribution in [0.3, 0.4) is 0 Å². The predicted molar refractivity (Wildman–Crippen MR) is 284 cm³/mol. The minimum atomic E-state index is -0.280. The highest BCUT2D eigenvalue weighted by Crippen LogP contribution is 2.55. The Morgan fingerprint density at radius 2 is 0.925 bits per heavy atom. The number of hydrogen-bond acceptors (Lipinski definition) is 2. The van der Waals surface area contributed by atoms with Gasteiger partial charge in [0.15, 0.2) is 0 Å². The van der Waals surface area contributed by atoms with Gasteiger partial charge in [-0.2, -0.15) is 0 Å². The number of hydrogen-bond donors (Lipinski definition) is 0. The second-order valence-electron chi connectivity index (χ2n) is 18.8. The zero-order valence-electron chi connectivity index (χ0n) is 37.2. The number of furan rings is 1. The second kappa shape index (κ2) is 14.3. The summed E-state index contributed by atoms with van der Waals surface area (Å²) in [4.78, 5) is 2.53. The lowest BCUT2D eigenvalue weighted by Crippen LogP contribution is -2.31. The molecule has 12 aromatic carbocycles. The molecule has 0 N–H and O–H groups in total. The third kappa shape index (κ3) is 5.63. The lowest BCUT2D eigenvalue weighted by molar-refractivity contribution is 0.638. The average molecular weight is 854 g/mol. The van der Waals surface area contributed by atoms with Gasteiger partial charge in [-0.1, -0.05) is 184 Å². The van der Waals surface area contributed by atoms with Crippen LogP contribution in [0.25, 0.3) is 109 Å². The van der Waals surface area contributed by atoms with E-state index in [4.69, 9.17) is 4.42 Å². The highest BCUT2D eigenvalue weighted by molar-refractivity contribution is 6.24. The molecule has 13 aromatic rings. The highest BCUT2D eigenvalue weighted by atomic mass is 16.3. The van der Waals surface area contributed by atoms with Gasteiger partial charge in [0.05, 0.1) is 11.4 Å². The van der Waals surface area contributed by atoms with E-state index >= 15 is 0 Å². The SMILES string of the molecule is CC1(C)c2ccc(-c3ccc4oc5c6ccccc6ccc5c4c3)cc2N(c2cccc(-c3cc4c5ccccc5c(-c5ccccc5)cc4c4ccccc34)c2)c2ccc3ccccc3c21. The molecule has 0 fully saturated rings. The number of fused-ring (bicyclic) bond motifs is 14. The van der Waals surface area contributed by atoms with Crippen LogP contribution in [-0.4, -0.2) is 0 Å². The standard InChI is InChI=1S/C65H43NO/c1-65(2)59-32-28-44(43-30-34-62-58(36-43)53-31-27-42-18-7-9-22-48(42)64(53)67-62)37-61(59)66(60-33-29-41-17-6-8-21-47(41)63(60)65)46-20-14-19-45(35-46)55-39-57-51-25-12-10-23-49(51)54(40-15-4-3-5-16-40)38-56(57)52-26-13-11-24-50(52)55/h3-39H,1-2H3. The van der Waals surface area contributed by atoms with Crippen LogP contribution < -0.4 is 4.90 Å². The molecule has 0 bridgehead atoms. The van der Waals surface area contributed by atoms with E-state index in [0.29, 0.717) is 0 Å². The molecule has 14 rings (SSSR count). The summed E-state index contributed by atoms with van der Waals surface area (Å²) in [6.45, 7) is 4.79. The molecule has 1 aliphatic rings. The topological polar surface area (TPSA) is 16.4 Å². The van der Waals surface area contributed by atoms with E-state index in [0.717, 1.165) is 38.6 Å². The van der Waals surface area contributed by atoms with E-state index in [1.54, 1.807) is 0 Å². The predicted octanol–water partition coefficient (Wildman–Crippen LogP) is 18.5. The molecule has 0 spiro atoms. The Balaban J connectivity index is 0.981. The number of benzene rings is 12. The van der Waals surface area contributed by atoms with Crippen molar-refractivity contribution in [3.05, 3.63) is 236 Å². The van der Waals surface area contributed by atoms with Gasteiger partial charge in [0, 0.05) is 27.3 Å². The monoisotopic (exact) mass is 853 g/mol. The van der Waals surface area contributed by atoms with Crippen LogP contribution >= 0.6 is 0 Å². The molecular formula is C65H43NO. The van der Waals surface area contributed by atoms with Gasteiger partial charge in [-0.25, -0.2) is 0 Å². The van der Waals surface area contributed by atoms with Crippen molar-refractivity contribution in [2.75, 3.05) is 4.90 Å². The fourth-order valence-corrected chi connectivity index (χ4v) is 11.6. The first-order chi connectivity index (χ1) is 33.0. The van der Waals surface area contributed by atoms with Gasteiger partial charge in [0.25, 0.3) is 0 Å². The van der Waals surface area contributed by atoms with Gasteiger partial charge < -0.3 is 9.32 Å². The van der Waals surface area contributed by atoms with E-state index < -0.39 is 0 Å². The zero-order chi connectivity index (χ0) is 44.4. The smallest absolute Gasteiger partial charge is 0.143 e. The molecule has 2 heterocycles. The largest absolute Gasteiger partial charge is 0.455 e. The summed E-state index contributed by atoms with van der Waals surface area (Å²) >= 11 is 0. The van der Waals surface area contributed by atoms with Gasteiger partial charge in [-0.3, -0.25) is 0 Å². The normalized spacial score (nSPS) is 13.3. The molecule has 0 saturated carbocycles. The van der Waals surface area contributed by atoms with Crippen molar-refractivity contribution < 1.29 is 4.42 Å². The molecule has 0 radical (unpaired) electrons. The lowest BCUT2D eigenvalue weighted by Gasteiger charge is -2.43. The summed E-state index contributed by atoms with van der Waals surface area (Å²) in [7, 11) is 0. The maximum Gasteiger partial charge on any atom is 0.143 e. The van der Waals surface area contributed by atoms with Crippen molar-refractivity contribution in [1.29, 1.82) is 0 Å². The van der Waals surface area contributed by atoms with E-state index in [1.807, 2.05) is 0 Å². The number of anilines is 3. The maximum atomic E-state index is 6.56. The van der Waals surface area contributed by atoms with Crippen LogP contribution in [0.1, 0.15) is 25.0 Å². The summed E-state index contributed by atoms with van der Waals surface area (Å²) in [5, 5.41) is 14.7. The van der Waals surface area contributed by atoms with Gasteiger partial charge in [-0.15, -0.1) is 0 Å². The molecule has 0 unspecified atom stereocenters. The molecule has 2 nitrogen and oxygen atoms in total. The van der Waals surface area contributed by atoms with Crippen molar-refractivity contribution in [2.45, 2.75) is 19.3 Å². The van der Waals surface area contributed by atoms with Crippen LogP contribution in [0.15, 0.2) is 229 Å².